The van der Waals surface area contributed by atoms with Gasteiger partial charge in [0, 0.05) is 10.6 Å². The van der Waals surface area contributed by atoms with Crippen LogP contribution in [0.5, 0.6) is 0 Å². The summed E-state index contributed by atoms with van der Waals surface area (Å²) in [4.78, 5) is 10.9. The van der Waals surface area contributed by atoms with Crippen molar-refractivity contribution in [2.45, 2.75) is 0 Å². The summed E-state index contributed by atoms with van der Waals surface area (Å²) in [6.45, 7) is 0. The first-order valence-corrected chi connectivity index (χ1v) is 5.86. The molecule has 0 saturated carbocycles. The molecular formula is C15H12ClNO. The molecule has 2 aromatic rings. The summed E-state index contributed by atoms with van der Waals surface area (Å²) in [5.74, 6) is -0.414. The van der Waals surface area contributed by atoms with Crippen molar-refractivity contribution in [3.63, 3.8) is 0 Å². The van der Waals surface area contributed by atoms with Gasteiger partial charge in [-0.1, -0.05) is 48.0 Å². The van der Waals surface area contributed by atoms with Gasteiger partial charge in [-0.2, -0.15) is 0 Å². The Balaban J connectivity index is 2.13. The lowest BCUT2D eigenvalue weighted by molar-refractivity contribution is 0.100. The van der Waals surface area contributed by atoms with Crippen molar-refractivity contribution in [3.8, 4) is 0 Å². The fourth-order valence-electron chi connectivity index (χ4n) is 1.52. The zero-order chi connectivity index (χ0) is 13.0. The molecule has 0 aromatic heterocycles. The number of carbonyl (C=O) groups excluding carboxylic acids is 1. The highest BCUT2D eigenvalue weighted by molar-refractivity contribution is 6.30. The highest BCUT2D eigenvalue weighted by Gasteiger charge is 1.97. The molecule has 0 radical (unpaired) electrons. The van der Waals surface area contributed by atoms with Gasteiger partial charge in [-0.05, 0) is 35.4 Å². The van der Waals surface area contributed by atoms with Crippen LogP contribution in [0.4, 0.5) is 0 Å². The first-order chi connectivity index (χ1) is 8.65. The number of primary amides is 1. The summed E-state index contributed by atoms with van der Waals surface area (Å²) in [7, 11) is 0. The number of rotatable bonds is 3. The van der Waals surface area contributed by atoms with E-state index in [2.05, 4.69) is 0 Å². The second-order valence-electron chi connectivity index (χ2n) is 3.87. The van der Waals surface area contributed by atoms with E-state index < -0.39 is 5.91 Å². The predicted molar refractivity (Wildman–Crippen MR) is 75.3 cm³/mol. The van der Waals surface area contributed by atoms with E-state index in [4.69, 9.17) is 17.3 Å². The number of halogens is 1. The zero-order valence-corrected chi connectivity index (χ0v) is 10.4. The first-order valence-electron chi connectivity index (χ1n) is 5.49. The normalized spacial score (nSPS) is 10.7. The van der Waals surface area contributed by atoms with Gasteiger partial charge in [-0.3, -0.25) is 4.79 Å². The minimum absolute atomic E-state index is 0.414. The van der Waals surface area contributed by atoms with Crippen LogP contribution in [0.15, 0.2) is 48.5 Å². The summed E-state index contributed by atoms with van der Waals surface area (Å²) in [5.41, 5.74) is 7.76. The fourth-order valence-corrected chi connectivity index (χ4v) is 1.65. The highest BCUT2D eigenvalue weighted by Crippen LogP contribution is 2.13. The van der Waals surface area contributed by atoms with Crippen LogP contribution in [0, 0.1) is 0 Å². The lowest BCUT2D eigenvalue weighted by Gasteiger charge is -1.97. The molecule has 0 spiro atoms. The Kier molecular flexibility index (Phi) is 3.80. The van der Waals surface area contributed by atoms with Crippen LogP contribution in [-0.2, 0) is 0 Å². The van der Waals surface area contributed by atoms with Gasteiger partial charge in [-0.25, -0.2) is 0 Å². The third-order valence-electron chi connectivity index (χ3n) is 2.53. The zero-order valence-electron chi connectivity index (χ0n) is 9.64. The maximum atomic E-state index is 10.9. The van der Waals surface area contributed by atoms with E-state index in [0.29, 0.717) is 5.56 Å². The number of carbonyl (C=O) groups is 1. The maximum Gasteiger partial charge on any atom is 0.248 e. The van der Waals surface area contributed by atoms with Crippen molar-refractivity contribution in [1.29, 1.82) is 0 Å². The second-order valence-corrected chi connectivity index (χ2v) is 4.31. The SMILES string of the molecule is NC(=O)c1ccc(C=Cc2ccc(Cl)cc2)cc1. The van der Waals surface area contributed by atoms with E-state index in [9.17, 15) is 4.79 Å². The second kappa shape index (κ2) is 5.52. The van der Waals surface area contributed by atoms with Gasteiger partial charge in [0.2, 0.25) is 5.91 Å². The van der Waals surface area contributed by atoms with E-state index in [1.54, 1.807) is 12.1 Å². The summed E-state index contributed by atoms with van der Waals surface area (Å²) in [5, 5.41) is 0.720. The van der Waals surface area contributed by atoms with E-state index >= 15 is 0 Å². The van der Waals surface area contributed by atoms with E-state index in [1.165, 1.54) is 0 Å². The Morgan fingerprint density at radius 3 is 1.78 bits per heavy atom. The fraction of sp³-hybridized carbons (Fsp3) is 0. The Labute approximate surface area is 111 Å². The van der Waals surface area contributed by atoms with Crippen molar-refractivity contribution in [3.05, 3.63) is 70.2 Å². The number of hydrogen-bond donors (Lipinski definition) is 1. The minimum Gasteiger partial charge on any atom is -0.366 e. The highest BCUT2D eigenvalue weighted by atomic mass is 35.5. The van der Waals surface area contributed by atoms with Crippen molar-refractivity contribution in [2.75, 3.05) is 0 Å². The van der Waals surface area contributed by atoms with Crippen LogP contribution in [-0.4, -0.2) is 5.91 Å². The Bertz CT molecular complexity index is 570. The number of amides is 1. The molecule has 0 aliphatic carbocycles. The molecule has 90 valence electrons. The van der Waals surface area contributed by atoms with Crippen LogP contribution in [0.2, 0.25) is 5.02 Å². The Hall–Kier alpha value is -2.06. The van der Waals surface area contributed by atoms with Crippen molar-refractivity contribution >= 4 is 29.7 Å². The topological polar surface area (TPSA) is 43.1 Å². The smallest absolute Gasteiger partial charge is 0.248 e. The van der Waals surface area contributed by atoms with E-state index in [0.717, 1.165) is 16.1 Å². The molecule has 18 heavy (non-hydrogen) atoms. The molecule has 2 rings (SSSR count). The molecule has 0 unspecified atom stereocenters. The van der Waals surface area contributed by atoms with E-state index in [-0.39, 0.29) is 0 Å². The van der Waals surface area contributed by atoms with Crippen molar-refractivity contribution < 1.29 is 4.79 Å². The maximum absolute atomic E-state index is 10.9. The number of nitrogens with two attached hydrogens (primary N) is 1. The average molecular weight is 258 g/mol. The number of hydrogen-bond acceptors (Lipinski definition) is 1. The molecule has 0 bridgehead atoms. The molecule has 2 aromatic carbocycles. The molecule has 0 aliphatic heterocycles. The lowest BCUT2D eigenvalue weighted by atomic mass is 10.1. The van der Waals surface area contributed by atoms with Crippen LogP contribution in [0.25, 0.3) is 12.2 Å². The lowest BCUT2D eigenvalue weighted by Crippen LogP contribution is -2.10. The van der Waals surface area contributed by atoms with Crippen LogP contribution < -0.4 is 5.73 Å². The average Bonchev–Trinajstić information content (AvgIpc) is 2.38. The molecule has 1 amide bonds. The third kappa shape index (κ3) is 3.22. The van der Waals surface area contributed by atoms with Gasteiger partial charge in [-0.15, -0.1) is 0 Å². The van der Waals surface area contributed by atoms with Gasteiger partial charge in [0.1, 0.15) is 0 Å². The molecule has 0 aliphatic rings. The van der Waals surface area contributed by atoms with Crippen LogP contribution in [0.1, 0.15) is 21.5 Å². The molecule has 2 nitrogen and oxygen atoms in total. The minimum atomic E-state index is -0.414. The van der Waals surface area contributed by atoms with Gasteiger partial charge in [0.15, 0.2) is 0 Å². The summed E-state index contributed by atoms with van der Waals surface area (Å²) >= 11 is 5.81. The molecule has 0 fully saturated rings. The van der Waals surface area contributed by atoms with Gasteiger partial charge >= 0.3 is 0 Å². The largest absolute Gasteiger partial charge is 0.366 e. The molecular weight excluding hydrogens is 246 g/mol. The standard InChI is InChI=1S/C15H12ClNO/c16-14-9-5-12(6-10-14)2-1-11-3-7-13(8-4-11)15(17)18/h1-10H,(H2,17,18). The first kappa shape index (κ1) is 12.4. The molecule has 0 atom stereocenters. The van der Waals surface area contributed by atoms with Crippen LogP contribution in [0.3, 0.4) is 0 Å². The van der Waals surface area contributed by atoms with Crippen molar-refractivity contribution in [1.82, 2.24) is 0 Å². The Morgan fingerprint density at radius 2 is 1.33 bits per heavy atom. The van der Waals surface area contributed by atoms with Crippen molar-refractivity contribution in [2.24, 2.45) is 5.73 Å². The molecule has 0 heterocycles. The summed E-state index contributed by atoms with van der Waals surface area (Å²) < 4.78 is 0. The summed E-state index contributed by atoms with van der Waals surface area (Å²) in [6.07, 6.45) is 3.95. The predicted octanol–water partition coefficient (Wildman–Crippen LogP) is 3.61. The third-order valence-corrected chi connectivity index (χ3v) is 2.79. The van der Waals surface area contributed by atoms with Crippen LogP contribution >= 0.6 is 11.6 Å². The monoisotopic (exact) mass is 257 g/mol. The molecule has 2 N–H and O–H groups in total. The Morgan fingerprint density at radius 1 is 0.889 bits per heavy atom. The molecule has 3 heteroatoms. The molecule has 0 saturated heterocycles. The van der Waals surface area contributed by atoms with Gasteiger partial charge in [0.05, 0.1) is 0 Å². The summed E-state index contributed by atoms with van der Waals surface area (Å²) in [6, 6.07) is 14.7. The van der Waals surface area contributed by atoms with E-state index in [1.807, 2.05) is 48.6 Å². The van der Waals surface area contributed by atoms with Gasteiger partial charge in [0.25, 0.3) is 0 Å². The quantitative estimate of drug-likeness (QED) is 0.839. The number of benzene rings is 2. The van der Waals surface area contributed by atoms with Gasteiger partial charge < -0.3 is 5.73 Å².